The Morgan fingerprint density at radius 3 is 2.65 bits per heavy atom. The summed E-state index contributed by atoms with van der Waals surface area (Å²) in [6, 6.07) is 4.57. The van der Waals surface area contributed by atoms with Gasteiger partial charge in [-0.3, -0.25) is 0 Å². The van der Waals surface area contributed by atoms with Crippen molar-refractivity contribution >= 4 is 11.6 Å². The molecule has 1 aromatic rings. The Morgan fingerprint density at radius 1 is 1.29 bits per heavy atom. The Labute approximate surface area is 107 Å². The molecule has 1 aromatic carbocycles. The molecule has 0 radical (unpaired) electrons. The number of benzene rings is 1. The van der Waals surface area contributed by atoms with Crippen LogP contribution in [0.3, 0.4) is 0 Å². The highest BCUT2D eigenvalue weighted by Crippen LogP contribution is 2.31. The van der Waals surface area contributed by atoms with Gasteiger partial charge in [0.25, 0.3) is 0 Å². The molecule has 0 bridgehead atoms. The van der Waals surface area contributed by atoms with Crippen molar-refractivity contribution < 1.29 is 4.39 Å². The summed E-state index contributed by atoms with van der Waals surface area (Å²) >= 11 is 5.73. The van der Waals surface area contributed by atoms with Gasteiger partial charge in [-0.1, -0.05) is 49.8 Å². The van der Waals surface area contributed by atoms with E-state index in [2.05, 4.69) is 0 Å². The highest BCUT2D eigenvalue weighted by atomic mass is 35.5. The number of halogens is 2. The maximum atomic E-state index is 13.7. The summed E-state index contributed by atoms with van der Waals surface area (Å²) in [5.41, 5.74) is 6.69. The number of nitrogens with two attached hydrogens (primary N) is 1. The van der Waals surface area contributed by atoms with Crippen molar-refractivity contribution in [1.29, 1.82) is 0 Å². The van der Waals surface area contributed by atoms with E-state index < -0.39 is 0 Å². The monoisotopic (exact) mass is 255 g/mol. The van der Waals surface area contributed by atoms with Gasteiger partial charge in [0.05, 0.1) is 0 Å². The highest BCUT2D eigenvalue weighted by Gasteiger charge is 2.19. The highest BCUT2D eigenvalue weighted by molar-refractivity contribution is 6.30. The third-order valence-corrected chi connectivity index (χ3v) is 3.91. The van der Waals surface area contributed by atoms with Crippen molar-refractivity contribution in [3.63, 3.8) is 0 Å². The molecule has 17 heavy (non-hydrogen) atoms. The fourth-order valence-corrected chi connectivity index (χ4v) is 2.87. The molecule has 2 rings (SSSR count). The maximum absolute atomic E-state index is 13.7. The van der Waals surface area contributed by atoms with Gasteiger partial charge in [-0.05, 0) is 24.5 Å². The minimum atomic E-state index is -0.277. The molecule has 1 fully saturated rings. The molecule has 0 saturated heterocycles. The van der Waals surface area contributed by atoms with E-state index in [1.807, 2.05) is 0 Å². The molecular weight excluding hydrogens is 237 g/mol. The number of hydrogen-bond donors (Lipinski definition) is 1. The van der Waals surface area contributed by atoms with Crippen LogP contribution in [0.5, 0.6) is 0 Å². The zero-order chi connectivity index (χ0) is 12.3. The van der Waals surface area contributed by atoms with Crippen LogP contribution < -0.4 is 5.73 Å². The molecule has 94 valence electrons. The van der Waals surface area contributed by atoms with Gasteiger partial charge in [0.1, 0.15) is 5.82 Å². The standard InChI is InChI=1S/C14H19ClFN/c15-11-6-7-12(13(16)9-11)14(17)8-10-4-2-1-3-5-10/h6-7,9-10,14H,1-5,8,17H2. The van der Waals surface area contributed by atoms with Gasteiger partial charge in [0.2, 0.25) is 0 Å². The summed E-state index contributed by atoms with van der Waals surface area (Å²) in [6.45, 7) is 0. The zero-order valence-corrected chi connectivity index (χ0v) is 10.7. The third kappa shape index (κ3) is 3.43. The summed E-state index contributed by atoms with van der Waals surface area (Å²) in [6.07, 6.45) is 7.28. The second-order valence-corrected chi connectivity index (χ2v) is 5.45. The second kappa shape index (κ2) is 5.83. The zero-order valence-electron chi connectivity index (χ0n) is 9.96. The first-order valence-electron chi connectivity index (χ1n) is 6.37. The van der Waals surface area contributed by atoms with E-state index in [1.165, 1.54) is 38.2 Å². The minimum Gasteiger partial charge on any atom is -0.324 e. The lowest BCUT2D eigenvalue weighted by molar-refractivity contribution is 0.317. The van der Waals surface area contributed by atoms with Gasteiger partial charge in [0, 0.05) is 16.6 Å². The number of hydrogen-bond acceptors (Lipinski definition) is 1. The average Bonchev–Trinajstić information content (AvgIpc) is 2.30. The second-order valence-electron chi connectivity index (χ2n) is 5.01. The third-order valence-electron chi connectivity index (χ3n) is 3.67. The van der Waals surface area contributed by atoms with Crippen LogP contribution in [-0.4, -0.2) is 0 Å². The first kappa shape index (κ1) is 12.8. The van der Waals surface area contributed by atoms with Crippen molar-refractivity contribution in [3.05, 3.63) is 34.6 Å². The Balaban J connectivity index is 2.00. The van der Waals surface area contributed by atoms with E-state index in [-0.39, 0.29) is 11.9 Å². The Hall–Kier alpha value is -0.600. The predicted molar refractivity (Wildman–Crippen MR) is 69.5 cm³/mol. The molecular formula is C14H19ClFN. The molecule has 0 amide bonds. The lowest BCUT2D eigenvalue weighted by Gasteiger charge is -2.24. The quantitative estimate of drug-likeness (QED) is 0.849. The van der Waals surface area contributed by atoms with Crippen LogP contribution in [0, 0.1) is 11.7 Å². The van der Waals surface area contributed by atoms with Crippen molar-refractivity contribution in [2.45, 2.75) is 44.6 Å². The van der Waals surface area contributed by atoms with Crippen LogP contribution in [-0.2, 0) is 0 Å². The Bertz CT molecular complexity index is 374. The van der Waals surface area contributed by atoms with Gasteiger partial charge in [-0.25, -0.2) is 4.39 Å². The van der Waals surface area contributed by atoms with E-state index in [4.69, 9.17) is 17.3 Å². The van der Waals surface area contributed by atoms with Crippen LogP contribution in [0.1, 0.15) is 50.1 Å². The van der Waals surface area contributed by atoms with Crippen molar-refractivity contribution in [2.24, 2.45) is 11.7 Å². The van der Waals surface area contributed by atoms with Gasteiger partial charge in [-0.15, -0.1) is 0 Å². The molecule has 0 spiro atoms. The molecule has 1 nitrogen and oxygen atoms in total. The van der Waals surface area contributed by atoms with Crippen LogP contribution in [0.25, 0.3) is 0 Å². The normalized spacial score (nSPS) is 19.2. The van der Waals surface area contributed by atoms with Crippen LogP contribution in [0.4, 0.5) is 4.39 Å². The minimum absolute atomic E-state index is 0.199. The Morgan fingerprint density at radius 2 is 2.00 bits per heavy atom. The van der Waals surface area contributed by atoms with Crippen LogP contribution in [0.15, 0.2) is 18.2 Å². The molecule has 3 heteroatoms. The molecule has 1 aliphatic rings. The molecule has 0 aromatic heterocycles. The number of rotatable bonds is 3. The summed E-state index contributed by atoms with van der Waals surface area (Å²) < 4.78 is 13.7. The van der Waals surface area contributed by atoms with Crippen molar-refractivity contribution in [3.8, 4) is 0 Å². The molecule has 1 aliphatic carbocycles. The fraction of sp³-hybridized carbons (Fsp3) is 0.571. The van der Waals surface area contributed by atoms with E-state index in [0.717, 1.165) is 6.42 Å². The van der Waals surface area contributed by atoms with Crippen molar-refractivity contribution in [2.75, 3.05) is 0 Å². The molecule has 1 atom stereocenters. The van der Waals surface area contributed by atoms with Gasteiger partial charge >= 0.3 is 0 Å². The van der Waals surface area contributed by atoms with Crippen molar-refractivity contribution in [1.82, 2.24) is 0 Å². The van der Waals surface area contributed by atoms with Gasteiger partial charge in [-0.2, -0.15) is 0 Å². The van der Waals surface area contributed by atoms with Gasteiger partial charge in [0.15, 0.2) is 0 Å². The van der Waals surface area contributed by atoms with E-state index >= 15 is 0 Å². The predicted octanol–water partition coefficient (Wildman–Crippen LogP) is 4.45. The molecule has 0 aliphatic heterocycles. The lowest BCUT2D eigenvalue weighted by Crippen LogP contribution is -2.18. The van der Waals surface area contributed by atoms with E-state index in [1.54, 1.807) is 12.1 Å². The van der Waals surface area contributed by atoms with Gasteiger partial charge < -0.3 is 5.73 Å². The maximum Gasteiger partial charge on any atom is 0.129 e. The SMILES string of the molecule is NC(CC1CCCCC1)c1ccc(Cl)cc1F. The molecule has 2 N–H and O–H groups in total. The summed E-state index contributed by atoms with van der Waals surface area (Å²) in [4.78, 5) is 0. The summed E-state index contributed by atoms with van der Waals surface area (Å²) in [5.74, 6) is 0.384. The first-order valence-corrected chi connectivity index (χ1v) is 6.75. The fourth-order valence-electron chi connectivity index (χ4n) is 2.71. The lowest BCUT2D eigenvalue weighted by atomic mass is 9.83. The van der Waals surface area contributed by atoms with Crippen LogP contribution >= 0.6 is 11.6 Å². The summed E-state index contributed by atoms with van der Waals surface area (Å²) in [7, 11) is 0. The van der Waals surface area contributed by atoms with E-state index in [9.17, 15) is 4.39 Å². The van der Waals surface area contributed by atoms with Crippen LogP contribution in [0.2, 0.25) is 5.02 Å². The van der Waals surface area contributed by atoms with E-state index in [0.29, 0.717) is 16.5 Å². The summed E-state index contributed by atoms with van der Waals surface area (Å²) in [5, 5.41) is 0.427. The smallest absolute Gasteiger partial charge is 0.129 e. The molecule has 0 heterocycles. The topological polar surface area (TPSA) is 26.0 Å². The largest absolute Gasteiger partial charge is 0.324 e. The average molecular weight is 256 g/mol. The Kier molecular flexibility index (Phi) is 4.41. The first-order chi connectivity index (χ1) is 8.16. The molecule has 1 saturated carbocycles. The molecule has 1 unspecified atom stereocenters.